The zero-order valence-corrected chi connectivity index (χ0v) is 18.3. The van der Waals surface area contributed by atoms with Gasteiger partial charge in [-0.05, 0) is 24.2 Å². The van der Waals surface area contributed by atoms with Crippen LogP contribution in [0.1, 0.15) is 63.4 Å². The van der Waals surface area contributed by atoms with Gasteiger partial charge in [-0.2, -0.15) is 4.52 Å². The Labute approximate surface area is 176 Å². The molecule has 29 heavy (non-hydrogen) atoms. The summed E-state index contributed by atoms with van der Waals surface area (Å²) >= 11 is 0. The number of nitrogens with one attached hydrogen (secondary N) is 1. The molecule has 2 aromatic rings. The summed E-state index contributed by atoms with van der Waals surface area (Å²) in [6.07, 6.45) is 5.55. The SMILES string of the molecule is CC(C)Cn1c(O)c(C(=O)NC2CC2)c(=O)n2nc(N)c(/C=C/C(C)(C)C)c12.Cl. The van der Waals surface area contributed by atoms with Crippen molar-refractivity contribution in [2.24, 2.45) is 11.3 Å². The lowest BCUT2D eigenvalue weighted by Gasteiger charge is -2.17. The number of rotatable bonds is 5. The molecule has 0 unspecified atom stereocenters. The topological polar surface area (TPSA) is 115 Å². The zero-order valence-electron chi connectivity index (χ0n) is 17.5. The Balaban J connectivity index is 0.00000300. The van der Waals surface area contributed by atoms with E-state index in [2.05, 4.69) is 10.4 Å². The fourth-order valence-corrected chi connectivity index (χ4v) is 2.99. The molecular formula is C20H30ClN5O3. The summed E-state index contributed by atoms with van der Waals surface area (Å²) in [6.45, 7) is 10.5. The minimum atomic E-state index is -0.673. The van der Waals surface area contributed by atoms with Crippen LogP contribution in [-0.4, -0.2) is 31.2 Å². The Morgan fingerprint density at radius 1 is 1.38 bits per heavy atom. The second-order valence-electron chi connectivity index (χ2n) is 8.99. The molecule has 9 heteroatoms. The third kappa shape index (κ3) is 4.75. The number of allylic oxidation sites excluding steroid dienone is 1. The number of anilines is 1. The molecule has 0 saturated heterocycles. The number of aromatic nitrogens is 3. The van der Waals surface area contributed by atoms with E-state index in [9.17, 15) is 14.7 Å². The number of hydrogen-bond acceptors (Lipinski definition) is 5. The van der Waals surface area contributed by atoms with Gasteiger partial charge in [0.05, 0.1) is 5.56 Å². The molecule has 1 fully saturated rings. The van der Waals surface area contributed by atoms with E-state index in [1.54, 1.807) is 4.57 Å². The van der Waals surface area contributed by atoms with Crippen LogP contribution in [0.5, 0.6) is 5.88 Å². The highest BCUT2D eigenvalue weighted by molar-refractivity contribution is 5.97. The average molecular weight is 424 g/mol. The number of nitrogens with zero attached hydrogens (tertiary/aromatic N) is 3. The number of carbonyl (C=O) groups excluding carboxylic acids is 1. The quantitative estimate of drug-likeness (QED) is 0.684. The molecule has 4 N–H and O–H groups in total. The maximum Gasteiger partial charge on any atom is 0.291 e. The Morgan fingerprint density at radius 3 is 2.52 bits per heavy atom. The summed E-state index contributed by atoms with van der Waals surface area (Å²) in [4.78, 5) is 25.6. The lowest BCUT2D eigenvalue weighted by molar-refractivity contribution is 0.0944. The zero-order chi connectivity index (χ0) is 20.8. The first-order valence-corrected chi connectivity index (χ1v) is 9.63. The highest BCUT2D eigenvalue weighted by Gasteiger charge is 2.30. The van der Waals surface area contributed by atoms with Crippen LogP contribution >= 0.6 is 12.4 Å². The Kier molecular flexibility index (Phi) is 6.37. The number of aromatic hydroxyl groups is 1. The van der Waals surface area contributed by atoms with E-state index in [-0.39, 0.29) is 47.0 Å². The van der Waals surface area contributed by atoms with Gasteiger partial charge in [-0.25, -0.2) is 0 Å². The van der Waals surface area contributed by atoms with Crippen molar-refractivity contribution in [1.29, 1.82) is 0 Å². The number of nitrogen functional groups attached to an aromatic ring is 1. The Bertz CT molecular complexity index is 1010. The van der Waals surface area contributed by atoms with Gasteiger partial charge in [0.15, 0.2) is 17.0 Å². The molecule has 0 atom stereocenters. The van der Waals surface area contributed by atoms with E-state index in [0.717, 1.165) is 17.4 Å². The van der Waals surface area contributed by atoms with E-state index in [1.165, 1.54) is 0 Å². The number of halogens is 1. The van der Waals surface area contributed by atoms with Gasteiger partial charge in [0, 0.05) is 12.6 Å². The van der Waals surface area contributed by atoms with Crippen LogP contribution in [0.4, 0.5) is 5.82 Å². The highest BCUT2D eigenvalue weighted by atomic mass is 35.5. The van der Waals surface area contributed by atoms with Gasteiger partial charge in [-0.3, -0.25) is 14.2 Å². The van der Waals surface area contributed by atoms with Crippen molar-refractivity contribution < 1.29 is 9.90 Å². The van der Waals surface area contributed by atoms with Crippen LogP contribution in [-0.2, 0) is 6.54 Å². The standard InChI is InChI=1S/C20H29N5O3.ClH/c1-11(2)10-24-17-13(8-9-20(3,4)5)15(21)23-25(17)19(28)14(18(24)27)16(26)22-12-6-7-12;/h8-9,11-12,27H,6-7,10H2,1-5H3,(H2,21,23)(H,22,26);1H/b9-8+;. The maximum absolute atomic E-state index is 13.0. The van der Waals surface area contributed by atoms with E-state index in [4.69, 9.17) is 5.73 Å². The molecule has 1 saturated carbocycles. The molecule has 3 rings (SSSR count). The van der Waals surface area contributed by atoms with E-state index in [1.807, 2.05) is 46.8 Å². The number of carbonyl (C=O) groups is 1. The number of nitrogens with two attached hydrogens (primary N) is 1. The van der Waals surface area contributed by atoms with Crippen molar-refractivity contribution in [3.8, 4) is 5.88 Å². The van der Waals surface area contributed by atoms with Crippen molar-refractivity contribution in [2.45, 2.75) is 60.0 Å². The molecule has 1 aliphatic carbocycles. The van der Waals surface area contributed by atoms with Gasteiger partial charge >= 0.3 is 0 Å². The molecule has 0 radical (unpaired) electrons. The molecule has 8 nitrogen and oxygen atoms in total. The molecular weight excluding hydrogens is 394 g/mol. The second-order valence-corrected chi connectivity index (χ2v) is 8.99. The summed E-state index contributed by atoms with van der Waals surface area (Å²) in [5.74, 6) is -0.596. The third-order valence-corrected chi connectivity index (χ3v) is 4.50. The van der Waals surface area contributed by atoms with Crippen molar-refractivity contribution in [3.63, 3.8) is 0 Å². The predicted molar refractivity (Wildman–Crippen MR) is 117 cm³/mol. The highest BCUT2D eigenvalue weighted by Crippen LogP contribution is 2.28. The van der Waals surface area contributed by atoms with Gasteiger partial charge in [-0.15, -0.1) is 17.5 Å². The van der Waals surface area contributed by atoms with Crippen molar-refractivity contribution in [3.05, 3.63) is 27.6 Å². The number of fused-ring (bicyclic) bond motifs is 1. The molecule has 0 aliphatic heterocycles. The second kappa shape index (κ2) is 8.10. The first-order valence-electron chi connectivity index (χ1n) is 9.63. The maximum atomic E-state index is 13.0. The molecule has 0 bridgehead atoms. The van der Waals surface area contributed by atoms with Crippen LogP contribution in [0.3, 0.4) is 0 Å². The van der Waals surface area contributed by atoms with Gasteiger partial charge in [-0.1, -0.05) is 46.8 Å². The van der Waals surface area contributed by atoms with Gasteiger partial charge in [0.2, 0.25) is 5.88 Å². The van der Waals surface area contributed by atoms with Crippen molar-refractivity contribution >= 4 is 35.9 Å². The monoisotopic (exact) mass is 423 g/mol. The molecule has 1 aliphatic rings. The summed E-state index contributed by atoms with van der Waals surface area (Å²) in [5.41, 5.74) is 5.97. The van der Waals surface area contributed by atoms with Crippen molar-refractivity contribution in [1.82, 2.24) is 19.5 Å². The molecule has 1 amide bonds. The van der Waals surface area contributed by atoms with Crippen molar-refractivity contribution in [2.75, 3.05) is 5.73 Å². The molecule has 0 spiro atoms. The minimum Gasteiger partial charge on any atom is -0.494 e. The van der Waals surface area contributed by atoms with Gasteiger partial charge in [0.1, 0.15) is 0 Å². The van der Waals surface area contributed by atoms with E-state index >= 15 is 0 Å². The van der Waals surface area contributed by atoms with Crippen LogP contribution in [0.15, 0.2) is 10.9 Å². The van der Waals surface area contributed by atoms with Gasteiger partial charge < -0.3 is 16.2 Å². The van der Waals surface area contributed by atoms with Crippen LogP contribution in [0.25, 0.3) is 11.7 Å². The van der Waals surface area contributed by atoms with E-state index in [0.29, 0.717) is 17.8 Å². The van der Waals surface area contributed by atoms with E-state index < -0.39 is 11.5 Å². The van der Waals surface area contributed by atoms with Gasteiger partial charge in [0.25, 0.3) is 11.5 Å². The summed E-state index contributed by atoms with van der Waals surface area (Å²) < 4.78 is 2.68. The summed E-state index contributed by atoms with van der Waals surface area (Å²) in [5, 5.41) is 17.8. The lowest BCUT2D eigenvalue weighted by Crippen LogP contribution is -2.34. The molecule has 2 heterocycles. The minimum absolute atomic E-state index is 0. The molecule has 160 valence electrons. The number of hydrogen-bond donors (Lipinski definition) is 3. The number of amides is 1. The average Bonchev–Trinajstić information content (AvgIpc) is 3.30. The smallest absolute Gasteiger partial charge is 0.291 e. The summed E-state index contributed by atoms with van der Waals surface area (Å²) in [6, 6.07) is 0.0634. The lowest BCUT2D eigenvalue weighted by atomic mass is 9.95. The fraction of sp³-hybridized carbons (Fsp3) is 0.550. The van der Waals surface area contributed by atoms with Crippen LogP contribution in [0, 0.1) is 11.3 Å². The normalized spacial score (nSPS) is 14.6. The first kappa shape index (κ1) is 22.8. The first-order chi connectivity index (χ1) is 13.0. The van der Waals surface area contributed by atoms with Crippen LogP contribution < -0.4 is 16.6 Å². The third-order valence-electron chi connectivity index (χ3n) is 4.50. The van der Waals surface area contributed by atoms with Crippen LogP contribution in [0.2, 0.25) is 0 Å². The Hall–Kier alpha value is -2.48. The predicted octanol–water partition coefficient (Wildman–Crippen LogP) is 2.81. The molecule has 2 aromatic heterocycles. The summed E-state index contributed by atoms with van der Waals surface area (Å²) in [7, 11) is 0. The molecule has 0 aromatic carbocycles. The Morgan fingerprint density at radius 2 is 2.00 bits per heavy atom. The fourth-order valence-electron chi connectivity index (χ4n) is 2.99. The largest absolute Gasteiger partial charge is 0.494 e.